The molecule has 0 bridgehead atoms. The molecule has 6 nitrogen and oxygen atoms in total. The number of anilines is 1. The maximum Gasteiger partial charge on any atom is 0.257 e. The third-order valence-corrected chi connectivity index (χ3v) is 3.94. The molecular weight excluding hydrogens is 328 g/mol. The molecule has 0 unspecified atom stereocenters. The van der Waals surface area contributed by atoms with Gasteiger partial charge in [-0.1, -0.05) is 26.0 Å². The predicted molar refractivity (Wildman–Crippen MR) is 104 cm³/mol. The van der Waals surface area contributed by atoms with E-state index in [2.05, 4.69) is 29.5 Å². The number of benzene rings is 1. The van der Waals surface area contributed by atoms with Crippen molar-refractivity contribution in [1.82, 2.24) is 15.2 Å². The first-order valence-corrected chi connectivity index (χ1v) is 8.66. The second kappa shape index (κ2) is 9.10. The van der Waals surface area contributed by atoms with E-state index in [4.69, 9.17) is 0 Å². The van der Waals surface area contributed by atoms with Gasteiger partial charge in [0, 0.05) is 31.2 Å². The molecule has 26 heavy (non-hydrogen) atoms. The third-order valence-electron chi connectivity index (χ3n) is 3.94. The zero-order chi connectivity index (χ0) is 19.1. The summed E-state index contributed by atoms with van der Waals surface area (Å²) in [5.41, 5.74) is 2.63. The van der Waals surface area contributed by atoms with Crippen molar-refractivity contribution >= 4 is 17.5 Å². The maximum absolute atomic E-state index is 12.4. The molecule has 0 fully saturated rings. The van der Waals surface area contributed by atoms with Crippen molar-refractivity contribution in [2.24, 2.45) is 0 Å². The fourth-order valence-electron chi connectivity index (χ4n) is 2.34. The van der Waals surface area contributed by atoms with E-state index in [0.29, 0.717) is 29.3 Å². The van der Waals surface area contributed by atoms with Gasteiger partial charge in [-0.3, -0.25) is 14.6 Å². The van der Waals surface area contributed by atoms with Crippen molar-refractivity contribution in [1.29, 1.82) is 0 Å². The molecule has 0 aliphatic heterocycles. The van der Waals surface area contributed by atoms with E-state index >= 15 is 0 Å². The smallest absolute Gasteiger partial charge is 0.257 e. The number of pyridine rings is 1. The monoisotopic (exact) mass is 354 g/mol. The summed E-state index contributed by atoms with van der Waals surface area (Å²) in [6.07, 6.45) is 2.91. The Kier molecular flexibility index (Phi) is 6.86. The summed E-state index contributed by atoms with van der Waals surface area (Å²) in [5.74, 6) is -0.0975. The first-order chi connectivity index (χ1) is 12.4. The summed E-state index contributed by atoms with van der Waals surface area (Å²) in [5, 5.41) is 5.64. The number of rotatable bonds is 7. The maximum atomic E-state index is 12.4. The number of nitrogens with one attached hydrogen (secondary N) is 2. The zero-order valence-electron chi connectivity index (χ0n) is 15.7. The first kappa shape index (κ1) is 19.6. The highest BCUT2D eigenvalue weighted by atomic mass is 16.2. The predicted octanol–water partition coefficient (Wildman–Crippen LogP) is 2.75. The van der Waals surface area contributed by atoms with E-state index in [9.17, 15) is 9.59 Å². The molecule has 0 aliphatic carbocycles. The Hall–Kier alpha value is -2.73. The van der Waals surface area contributed by atoms with Gasteiger partial charge in [0.2, 0.25) is 0 Å². The minimum Gasteiger partial charge on any atom is -0.351 e. The Balaban J connectivity index is 2.01. The quantitative estimate of drug-likeness (QED) is 0.802. The average Bonchev–Trinajstić information content (AvgIpc) is 2.62. The van der Waals surface area contributed by atoms with E-state index < -0.39 is 0 Å². The Labute approximate surface area is 154 Å². The molecule has 1 aromatic carbocycles. The Bertz CT molecular complexity index is 755. The summed E-state index contributed by atoms with van der Waals surface area (Å²) in [6.45, 7) is 5.51. The van der Waals surface area contributed by atoms with Gasteiger partial charge in [-0.05, 0) is 43.8 Å². The van der Waals surface area contributed by atoms with Crippen LogP contribution in [0.5, 0.6) is 0 Å². The van der Waals surface area contributed by atoms with Crippen LogP contribution in [0.2, 0.25) is 0 Å². The van der Waals surface area contributed by atoms with Crippen molar-refractivity contribution in [3.8, 4) is 0 Å². The van der Waals surface area contributed by atoms with Crippen molar-refractivity contribution in [2.75, 3.05) is 32.5 Å². The van der Waals surface area contributed by atoms with Crippen molar-refractivity contribution in [2.45, 2.75) is 19.8 Å². The zero-order valence-corrected chi connectivity index (χ0v) is 15.7. The van der Waals surface area contributed by atoms with Crippen LogP contribution in [0, 0.1) is 0 Å². The fraction of sp³-hybridized carbons (Fsp3) is 0.350. The molecular formula is C20H26N4O2. The van der Waals surface area contributed by atoms with Gasteiger partial charge in [-0.25, -0.2) is 0 Å². The largest absolute Gasteiger partial charge is 0.351 e. The lowest BCUT2D eigenvalue weighted by molar-refractivity contribution is 0.0950. The van der Waals surface area contributed by atoms with Gasteiger partial charge in [0.15, 0.2) is 0 Å². The number of likely N-dealkylation sites (N-methyl/N-ethyl adjacent to an activating group) is 1. The highest BCUT2D eigenvalue weighted by Gasteiger charge is 2.12. The molecule has 2 rings (SSSR count). The van der Waals surface area contributed by atoms with Crippen LogP contribution in [-0.4, -0.2) is 48.9 Å². The van der Waals surface area contributed by atoms with Crippen LogP contribution in [0.4, 0.5) is 5.69 Å². The van der Waals surface area contributed by atoms with E-state index in [1.165, 1.54) is 18.0 Å². The second-order valence-corrected chi connectivity index (χ2v) is 6.75. The third kappa shape index (κ3) is 5.67. The molecule has 0 atom stereocenters. The van der Waals surface area contributed by atoms with Crippen molar-refractivity contribution < 1.29 is 9.59 Å². The summed E-state index contributed by atoms with van der Waals surface area (Å²) in [6, 6.07) is 9.28. The summed E-state index contributed by atoms with van der Waals surface area (Å²) < 4.78 is 0. The lowest BCUT2D eigenvalue weighted by atomic mass is 10.0. The van der Waals surface area contributed by atoms with Crippen LogP contribution >= 0.6 is 0 Å². The van der Waals surface area contributed by atoms with Crippen molar-refractivity contribution in [3.05, 3.63) is 59.4 Å². The molecule has 138 valence electrons. The number of carbonyl (C=O) groups is 2. The Morgan fingerprint density at radius 2 is 1.65 bits per heavy atom. The molecule has 1 aromatic heterocycles. The lowest BCUT2D eigenvalue weighted by Gasteiger charge is -2.11. The summed E-state index contributed by atoms with van der Waals surface area (Å²) in [7, 11) is 3.87. The van der Waals surface area contributed by atoms with Crippen LogP contribution < -0.4 is 10.6 Å². The number of hydrogen-bond donors (Lipinski definition) is 2. The Morgan fingerprint density at radius 1 is 1.04 bits per heavy atom. The van der Waals surface area contributed by atoms with Gasteiger partial charge in [0.05, 0.1) is 11.1 Å². The van der Waals surface area contributed by atoms with Gasteiger partial charge in [-0.15, -0.1) is 0 Å². The average molecular weight is 354 g/mol. The molecule has 0 aliphatic rings. The standard InChI is InChI=1S/C20H26N4O2/c1-14(2)15-5-7-18(8-6-15)23-20(26)17-11-16(12-21-13-17)19(25)22-9-10-24(3)4/h5-8,11-14H,9-10H2,1-4H3,(H,22,25)(H,23,26). The van der Waals surface area contributed by atoms with E-state index in [-0.39, 0.29) is 11.8 Å². The Morgan fingerprint density at radius 3 is 2.23 bits per heavy atom. The van der Waals surface area contributed by atoms with E-state index in [1.54, 1.807) is 6.07 Å². The first-order valence-electron chi connectivity index (χ1n) is 8.66. The molecule has 2 amide bonds. The van der Waals surface area contributed by atoms with E-state index in [0.717, 1.165) is 6.54 Å². The summed E-state index contributed by atoms with van der Waals surface area (Å²) in [4.78, 5) is 30.6. The van der Waals surface area contributed by atoms with Gasteiger partial charge in [0.25, 0.3) is 11.8 Å². The van der Waals surface area contributed by atoms with Crippen LogP contribution in [-0.2, 0) is 0 Å². The van der Waals surface area contributed by atoms with Gasteiger partial charge < -0.3 is 15.5 Å². The van der Waals surface area contributed by atoms with Crippen LogP contribution in [0.1, 0.15) is 46.0 Å². The van der Waals surface area contributed by atoms with Crippen LogP contribution in [0.3, 0.4) is 0 Å². The highest BCUT2D eigenvalue weighted by molar-refractivity contribution is 6.05. The molecule has 2 N–H and O–H groups in total. The number of amides is 2. The van der Waals surface area contributed by atoms with Gasteiger partial charge >= 0.3 is 0 Å². The molecule has 0 spiro atoms. The number of carbonyl (C=O) groups excluding carboxylic acids is 2. The SMILES string of the molecule is CC(C)c1ccc(NC(=O)c2cncc(C(=O)NCCN(C)C)c2)cc1. The molecule has 6 heteroatoms. The lowest BCUT2D eigenvalue weighted by Crippen LogP contribution is -2.31. The molecule has 0 radical (unpaired) electrons. The van der Waals surface area contributed by atoms with E-state index in [1.807, 2.05) is 43.3 Å². The van der Waals surface area contributed by atoms with Crippen LogP contribution in [0.15, 0.2) is 42.7 Å². The van der Waals surface area contributed by atoms with Gasteiger partial charge in [0.1, 0.15) is 0 Å². The number of nitrogens with zero attached hydrogens (tertiary/aromatic N) is 2. The minimum absolute atomic E-state index is 0.240. The molecule has 0 saturated carbocycles. The molecule has 1 heterocycles. The number of aromatic nitrogens is 1. The van der Waals surface area contributed by atoms with Gasteiger partial charge in [-0.2, -0.15) is 0 Å². The highest BCUT2D eigenvalue weighted by Crippen LogP contribution is 2.17. The fourth-order valence-corrected chi connectivity index (χ4v) is 2.34. The van der Waals surface area contributed by atoms with Crippen molar-refractivity contribution in [3.63, 3.8) is 0 Å². The second-order valence-electron chi connectivity index (χ2n) is 6.75. The molecule has 2 aromatic rings. The number of hydrogen-bond acceptors (Lipinski definition) is 4. The molecule has 0 saturated heterocycles. The van der Waals surface area contributed by atoms with Crippen LogP contribution in [0.25, 0.3) is 0 Å². The minimum atomic E-state index is -0.294. The topological polar surface area (TPSA) is 74.3 Å². The normalized spacial score (nSPS) is 10.8. The summed E-state index contributed by atoms with van der Waals surface area (Å²) >= 11 is 0.